The molecule has 4 nitrogen and oxygen atoms in total. The highest BCUT2D eigenvalue weighted by atomic mass is 16.5. The number of carboxylic acids is 1. The van der Waals surface area contributed by atoms with Crippen molar-refractivity contribution in [2.45, 2.75) is 38.9 Å². The summed E-state index contributed by atoms with van der Waals surface area (Å²) in [6.07, 6.45) is 1.11. The third-order valence-corrected chi connectivity index (χ3v) is 3.91. The number of hydrogen-bond acceptors (Lipinski definition) is 3. The first-order valence-corrected chi connectivity index (χ1v) is 6.17. The standard InChI is InChI=1S/C12H21NO3/c1-8-5-13(6-9(8)2)7-10-3-4-11(16-10)12(14)15/h8-11H,3-7H2,1-2H3,(H,14,15). The number of carbonyl (C=O) groups is 1. The molecule has 0 aromatic carbocycles. The van der Waals surface area contributed by atoms with E-state index in [0.717, 1.165) is 37.9 Å². The van der Waals surface area contributed by atoms with Gasteiger partial charge < -0.3 is 14.7 Å². The van der Waals surface area contributed by atoms with E-state index in [2.05, 4.69) is 18.7 Å². The van der Waals surface area contributed by atoms with E-state index < -0.39 is 12.1 Å². The van der Waals surface area contributed by atoms with E-state index in [0.29, 0.717) is 6.42 Å². The fourth-order valence-corrected chi connectivity index (χ4v) is 2.71. The predicted octanol–water partition coefficient (Wildman–Crippen LogP) is 1.21. The summed E-state index contributed by atoms with van der Waals surface area (Å²) in [6, 6.07) is 0. The first-order chi connectivity index (χ1) is 7.56. The van der Waals surface area contributed by atoms with Crippen molar-refractivity contribution in [1.82, 2.24) is 4.90 Å². The van der Waals surface area contributed by atoms with E-state index in [-0.39, 0.29) is 6.10 Å². The van der Waals surface area contributed by atoms with Crippen LogP contribution in [0.5, 0.6) is 0 Å². The lowest BCUT2D eigenvalue weighted by Crippen LogP contribution is -2.32. The number of carboxylic acid groups (broad SMARTS) is 1. The van der Waals surface area contributed by atoms with Crippen molar-refractivity contribution in [3.05, 3.63) is 0 Å². The molecule has 2 heterocycles. The van der Waals surface area contributed by atoms with Gasteiger partial charge in [-0.05, 0) is 24.7 Å². The normalized spacial score (nSPS) is 40.4. The van der Waals surface area contributed by atoms with E-state index in [4.69, 9.17) is 9.84 Å². The number of rotatable bonds is 3. The van der Waals surface area contributed by atoms with Gasteiger partial charge in [-0.15, -0.1) is 0 Å². The van der Waals surface area contributed by atoms with Crippen LogP contribution in [0, 0.1) is 11.8 Å². The molecule has 0 saturated carbocycles. The highest BCUT2D eigenvalue weighted by Gasteiger charge is 2.34. The van der Waals surface area contributed by atoms with Crippen LogP contribution in [0.1, 0.15) is 26.7 Å². The molecule has 0 amide bonds. The second-order valence-electron chi connectivity index (χ2n) is 5.34. The zero-order chi connectivity index (χ0) is 11.7. The number of nitrogens with zero attached hydrogens (tertiary/aromatic N) is 1. The molecule has 2 fully saturated rings. The minimum Gasteiger partial charge on any atom is -0.479 e. The average molecular weight is 227 g/mol. The van der Waals surface area contributed by atoms with Crippen LogP contribution in [0.2, 0.25) is 0 Å². The Bertz CT molecular complexity index is 259. The molecule has 2 aliphatic rings. The Kier molecular flexibility index (Phi) is 3.50. The van der Waals surface area contributed by atoms with Gasteiger partial charge in [0.15, 0.2) is 6.10 Å². The van der Waals surface area contributed by atoms with Crippen molar-refractivity contribution in [2.24, 2.45) is 11.8 Å². The van der Waals surface area contributed by atoms with E-state index in [1.165, 1.54) is 0 Å². The second-order valence-corrected chi connectivity index (χ2v) is 5.34. The Balaban J connectivity index is 1.77. The van der Waals surface area contributed by atoms with Crippen LogP contribution in [0.3, 0.4) is 0 Å². The van der Waals surface area contributed by atoms with Gasteiger partial charge in [0.25, 0.3) is 0 Å². The van der Waals surface area contributed by atoms with Crippen LogP contribution in [0.25, 0.3) is 0 Å². The van der Waals surface area contributed by atoms with Gasteiger partial charge in [0.05, 0.1) is 6.10 Å². The molecule has 0 spiro atoms. The number of ether oxygens (including phenoxy) is 1. The van der Waals surface area contributed by atoms with Gasteiger partial charge in [-0.1, -0.05) is 13.8 Å². The minimum atomic E-state index is -0.814. The Morgan fingerprint density at radius 3 is 2.44 bits per heavy atom. The van der Waals surface area contributed by atoms with Crippen molar-refractivity contribution in [3.8, 4) is 0 Å². The van der Waals surface area contributed by atoms with Crippen LogP contribution in [0.15, 0.2) is 0 Å². The molecule has 0 aromatic heterocycles. The fourth-order valence-electron chi connectivity index (χ4n) is 2.71. The third kappa shape index (κ3) is 2.55. The summed E-state index contributed by atoms with van der Waals surface area (Å²) in [5, 5.41) is 8.84. The molecule has 4 unspecified atom stereocenters. The monoisotopic (exact) mass is 227 g/mol. The van der Waals surface area contributed by atoms with Crippen LogP contribution in [-0.2, 0) is 9.53 Å². The van der Waals surface area contributed by atoms with E-state index >= 15 is 0 Å². The molecule has 4 atom stereocenters. The molecular formula is C12H21NO3. The minimum absolute atomic E-state index is 0.124. The van der Waals surface area contributed by atoms with Crippen molar-refractivity contribution in [3.63, 3.8) is 0 Å². The first kappa shape index (κ1) is 11.9. The summed E-state index contributed by atoms with van der Waals surface area (Å²) >= 11 is 0. The zero-order valence-electron chi connectivity index (χ0n) is 10.1. The van der Waals surface area contributed by atoms with Crippen LogP contribution in [0.4, 0.5) is 0 Å². The van der Waals surface area contributed by atoms with Gasteiger partial charge in [-0.2, -0.15) is 0 Å². The molecular weight excluding hydrogens is 206 g/mol. The number of hydrogen-bond donors (Lipinski definition) is 1. The molecule has 2 aliphatic heterocycles. The highest BCUT2D eigenvalue weighted by molar-refractivity contribution is 5.72. The van der Waals surface area contributed by atoms with Gasteiger partial charge in [0, 0.05) is 19.6 Å². The summed E-state index contributed by atoms with van der Waals surface area (Å²) < 4.78 is 5.51. The van der Waals surface area contributed by atoms with Gasteiger partial charge in [-0.3, -0.25) is 0 Å². The van der Waals surface area contributed by atoms with Gasteiger partial charge in [-0.25, -0.2) is 4.79 Å². The van der Waals surface area contributed by atoms with Gasteiger partial charge >= 0.3 is 5.97 Å². The first-order valence-electron chi connectivity index (χ1n) is 6.17. The third-order valence-electron chi connectivity index (χ3n) is 3.91. The smallest absolute Gasteiger partial charge is 0.332 e. The average Bonchev–Trinajstić information content (AvgIpc) is 2.76. The highest BCUT2D eigenvalue weighted by Crippen LogP contribution is 2.26. The molecule has 0 radical (unpaired) electrons. The summed E-state index contributed by atoms with van der Waals surface area (Å²) in [6.45, 7) is 7.70. The Hall–Kier alpha value is -0.610. The number of aliphatic carboxylic acids is 1. The SMILES string of the molecule is CC1CN(CC2CCC(C(=O)O)O2)CC1C. The Morgan fingerprint density at radius 2 is 1.94 bits per heavy atom. The van der Waals surface area contributed by atoms with Gasteiger partial charge in [0.2, 0.25) is 0 Å². The lowest BCUT2D eigenvalue weighted by atomic mass is 10.0. The lowest BCUT2D eigenvalue weighted by molar-refractivity contribution is -0.149. The number of likely N-dealkylation sites (tertiary alicyclic amines) is 1. The van der Waals surface area contributed by atoms with Crippen molar-refractivity contribution in [2.75, 3.05) is 19.6 Å². The molecule has 0 bridgehead atoms. The fraction of sp³-hybridized carbons (Fsp3) is 0.917. The summed E-state index contributed by atoms with van der Waals surface area (Å²) in [5.74, 6) is 0.680. The Labute approximate surface area is 96.6 Å². The Morgan fingerprint density at radius 1 is 1.31 bits per heavy atom. The van der Waals surface area contributed by atoms with Crippen LogP contribution >= 0.6 is 0 Å². The summed E-state index contributed by atoms with van der Waals surface area (Å²) in [7, 11) is 0. The molecule has 0 aromatic rings. The maximum absolute atomic E-state index is 10.7. The largest absolute Gasteiger partial charge is 0.479 e. The molecule has 92 valence electrons. The molecule has 1 N–H and O–H groups in total. The van der Waals surface area contributed by atoms with Gasteiger partial charge in [0.1, 0.15) is 0 Å². The molecule has 2 saturated heterocycles. The van der Waals surface area contributed by atoms with Crippen molar-refractivity contribution >= 4 is 5.97 Å². The van der Waals surface area contributed by atoms with Crippen LogP contribution in [-0.4, -0.2) is 47.8 Å². The lowest BCUT2D eigenvalue weighted by Gasteiger charge is -2.20. The van der Waals surface area contributed by atoms with Crippen molar-refractivity contribution in [1.29, 1.82) is 0 Å². The van der Waals surface area contributed by atoms with Crippen LogP contribution < -0.4 is 0 Å². The molecule has 4 heteroatoms. The summed E-state index contributed by atoms with van der Waals surface area (Å²) in [4.78, 5) is 13.2. The summed E-state index contributed by atoms with van der Waals surface area (Å²) in [5.41, 5.74) is 0. The maximum Gasteiger partial charge on any atom is 0.332 e. The molecule has 2 rings (SSSR count). The predicted molar refractivity (Wildman–Crippen MR) is 60.3 cm³/mol. The second kappa shape index (κ2) is 4.72. The zero-order valence-corrected chi connectivity index (χ0v) is 10.1. The van der Waals surface area contributed by atoms with E-state index in [9.17, 15) is 4.79 Å². The molecule has 16 heavy (non-hydrogen) atoms. The van der Waals surface area contributed by atoms with Crippen molar-refractivity contribution < 1.29 is 14.6 Å². The molecule has 0 aliphatic carbocycles. The quantitative estimate of drug-likeness (QED) is 0.787. The van der Waals surface area contributed by atoms with E-state index in [1.807, 2.05) is 0 Å². The topological polar surface area (TPSA) is 49.8 Å². The maximum atomic E-state index is 10.7. The van der Waals surface area contributed by atoms with E-state index in [1.54, 1.807) is 0 Å².